The summed E-state index contributed by atoms with van der Waals surface area (Å²) in [5, 5.41) is 35.5. The van der Waals surface area contributed by atoms with Gasteiger partial charge in [-0.1, -0.05) is 6.92 Å². The van der Waals surface area contributed by atoms with Crippen LogP contribution in [0.5, 0.6) is 0 Å². The van der Waals surface area contributed by atoms with Crippen LogP contribution in [0, 0.1) is 0 Å². The lowest BCUT2D eigenvalue weighted by Crippen LogP contribution is -2.39. The van der Waals surface area contributed by atoms with Crippen molar-refractivity contribution in [2.45, 2.75) is 13.3 Å². The SMILES string of the molecule is CCC(=O)O.O=C(O)CNCCN(CC(=O)O)CC(=O)O. The number of hydrogen-bond acceptors (Lipinski definition) is 6. The van der Waals surface area contributed by atoms with Gasteiger partial charge in [-0.2, -0.15) is 0 Å². The van der Waals surface area contributed by atoms with E-state index < -0.39 is 23.9 Å². The highest BCUT2D eigenvalue weighted by molar-refractivity contribution is 5.72. The van der Waals surface area contributed by atoms with Crippen molar-refractivity contribution in [2.75, 3.05) is 32.7 Å². The summed E-state index contributed by atoms with van der Waals surface area (Å²) >= 11 is 0. The molecule has 0 saturated carbocycles. The molecule has 0 bridgehead atoms. The van der Waals surface area contributed by atoms with E-state index in [-0.39, 0.29) is 39.1 Å². The van der Waals surface area contributed by atoms with E-state index in [2.05, 4.69) is 5.32 Å². The summed E-state index contributed by atoms with van der Waals surface area (Å²) in [5.41, 5.74) is 0. The normalized spacial score (nSPS) is 9.62. The summed E-state index contributed by atoms with van der Waals surface area (Å²) in [7, 11) is 0. The predicted octanol–water partition coefficient (Wildman–Crippen LogP) is -1.39. The Hall–Kier alpha value is -2.20. The molecule has 0 amide bonds. The van der Waals surface area contributed by atoms with Gasteiger partial charge in [-0.25, -0.2) is 0 Å². The lowest BCUT2D eigenvalue weighted by atomic mass is 10.4. The van der Waals surface area contributed by atoms with Crippen molar-refractivity contribution >= 4 is 23.9 Å². The van der Waals surface area contributed by atoms with Crippen LogP contribution in [0.25, 0.3) is 0 Å². The van der Waals surface area contributed by atoms with Gasteiger partial charge in [0.25, 0.3) is 0 Å². The summed E-state index contributed by atoms with van der Waals surface area (Å²) in [4.78, 5) is 41.5. The van der Waals surface area contributed by atoms with Gasteiger partial charge in [-0.05, 0) is 0 Å². The summed E-state index contributed by atoms with van der Waals surface area (Å²) < 4.78 is 0. The zero-order chi connectivity index (χ0) is 16.8. The number of aliphatic carboxylic acids is 4. The third-order valence-corrected chi connectivity index (χ3v) is 1.90. The number of nitrogens with one attached hydrogen (secondary N) is 1. The van der Waals surface area contributed by atoms with Crippen molar-refractivity contribution in [2.24, 2.45) is 0 Å². The number of carbonyl (C=O) groups is 4. The van der Waals surface area contributed by atoms with Crippen LogP contribution in [0.1, 0.15) is 13.3 Å². The highest BCUT2D eigenvalue weighted by Crippen LogP contribution is 1.87. The van der Waals surface area contributed by atoms with Gasteiger partial charge in [0.1, 0.15) is 0 Å². The fraction of sp³-hybridized carbons (Fsp3) is 0.636. The first-order valence-electron chi connectivity index (χ1n) is 5.99. The molecule has 0 aromatic rings. The highest BCUT2D eigenvalue weighted by Gasteiger charge is 2.12. The molecule has 10 nitrogen and oxygen atoms in total. The zero-order valence-electron chi connectivity index (χ0n) is 11.6. The molecule has 0 heterocycles. The molecule has 0 spiro atoms. The minimum absolute atomic E-state index is 0.159. The molecule has 0 aliphatic heterocycles. The van der Waals surface area contributed by atoms with Crippen LogP contribution in [0.4, 0.5) is 0 Å². The summed E-state index contributed by atoms with van der Waals surface area (Å²) in [6, 6.07) is 0. The van der Waals surface area contributed by atoms with Crippen LogP contribution in [-0.2, 0) is 19.2 Å². The minimum Gasteiger partial charge on any atom is -0.481 e. The minimum atomic E-state index is -1.13. The maximum atomic E-state index is 10.4. The molecule has 0 aliphatic carbocycles. The average molecular weight is 308 g/mol. The molecule has 0 atom stereocenters. The van der Waals surface area contributed by atoms with Gasteiger partial charge in [0.15, 0.2) is 0 Å². The Balaban J connectivity index is 0. The Labute approximate surface area is 121 Å². The molecular weight excluding hydrogens is 288 g/mol. The zero-order valence-corrected chi connectivity index (χ0v) is 11.6. The molecular formula is C11H20N2O8. The number of hydrogen-bond donors (Lipinski definition) is 5. The summed E-state index contributed by atoms with van der Waals surface area (Å²) in [5.74, 6) is -4.02. The molecule has 10 heteroatoms. The van der Waals surface area contributed by atoms with Crippen molar-refractivity contribution in [3.8, 4) is 0 Å². The molecule has 5 N–H and O–H groups in total. The molecule has 0 rings (SSSR count). The Bertz CT molecular complexity index is 342. The van der Waals surface area contributed by atoms with E-state index in [1.54, 1.807) is 6.92 Å². The van der Waals surface area contributed by atoms with E-state index in [1.165, 1.54) is 4.90 Å². The first kappa shape index (κ1) is 21.1. The third kappa shape index (κ3) is 20.3. The second-order valence-corrected chi connectivity index (χ2v) is 3.82. The van der Waals surface area contributed by atoms with Gasteiger partial charge in [-0.3, -0.25) is 24.1 Å². The third-order valence-electron chi connectivity index (χ3n) is 1.90. The van der Waals surface area contributed by atoms with Crippen LogP contribution in [0.15, 0.2) is 0 Å². The van der Waals surface area contributed by atoms with Crippen LogP contribution >= 0.6 is 0 Å². The lowest BCUT2D eigenvalue weighted by Gasteiger charge is -2.17. The molecule has 0 fully saturated rings. The summed E-state index contributed by atoms with van der Waals surface area (Å²) in [6.45, 7) is 0.956. The first-order valence-corrected chi connectivity index (χ1v) is 5.99. The molecule has 0 saturated heterocycles. The van der Waals surface area contributed by atoms with Crippen molar-refractivity contribution in [3.05, 3.63) is 0 Å². The van der Waals surface area contributed by atoms with E-state index in [0.717, 1.165) is 0 Å². The van der Waals surface area contributed by atoms with Crippen molar-refractivity contribution < 1.29 is 39.6 Å². The smallest absolute Gasteiger partial charge is 0.317 e. The first-order chi connectivity index (χ1) is 9.68. The average Bonchev–Trinajstić information content (AvgIpc) is 2.33. The van der Waals surface area contributed by atoms with Crippen LogP contribution in [0.2, 0.25) is 0 Å². The van der Waals surface area contributed by atoms with Gasteiger partial charge in [-0.15, -0.1) is 0 Å². The van der Waals surface area contributed by atoms with Crippen molar-refractivity contribution in [1.82, 2.24) is 10.2 Å². The van der Waals surface area contributed by atoms with Crippen molar-refractivity contribution in [3.63, 3.8) is 0 Å². The van der Waals surface area contributed by atoms with Crippen LogP contribution in [-0.4, -0.2) is 81.9 Å². The maximum absolute atomic E-state index is 10.4. The highest BCUT2D eigenvalue weighted by atomic mass is 16.4. The van der Waals surface area contributed by atoms with E-state index in [0.29, 0.717) is 0 Å². The monoisotopic (exact) mass is 308 g/mol. The van der Waals surface area contributed by atoms with E-state index >= 15 is 0 Å². The topological polar surface area (TPSA) is 164 Å². The largest absolute Gasteiger partial charge is 0.481 e. The Morgan fingerprint density at radius 2 is 1.29 bits per heavy atom. The fourth-order valence-electron chi connectivity index (χ4n) is 1.03. The van der Waals surface area contributed by atoms with Gasteiger partial charge in [0, 0.05) is 19.5 Å². The molecule has 0 aromatic carbocycles. The van der Waals surface area contributed by atoms with Crippen LogP contribution < -0.4 is 5.32 Å². The second-order valence-electron chi connectivity index (χ2n) is 3.82. The number of carboxylic acid groups (broad SMARTS) is 4. The van der Waals surface area contributed by atoms with Gasteiger partial charge in [0.2, 0.25) is 0 Å². The van der Waals surface area contributed by atoms with Gasteiger partial charge >= 0.3 is 23.9 Å². The van der Waals surface area contributed by atoms with Crippen LogP contribution in [0.3, 0.4) is 0 Å². The fourth-order valence-corrected chi connectivity index (χ4v) is 1.03. The number of rotatable bonds is 10. The second kappa shape index (κ2) is 12.8. The molecule has 122 valence electrons. The summed E-state index contributed by atoms with van der Waals surface area (Å²) in [6.07, 6.45) is 0.222. The standard InChI is InChI=1S/C8H14N2O6.C3H6O2/c11-6(12)3-9-1-2-10(4-7(13)14)5-8(15)16;1-2-3(4)5/h9H,1-5H2,(H,11,12)(H,13,14)(H,15,16);2H2,1H3,(H,4,5). The number of nitrogens with zero attached hydrogens (tertiary/aromatic N) is 1. The Morgan fingerprint density at radius 1 is 0.857 bits per heavy atom. The number of carboxylic acids is 4. The molecule has 21 heavy (non-hydrogen) atoms. The Kier molecular flexibility index (Phi) is 12.9. The van der Waals surface area contributed by atoms with Gasteiger partial charge in [0.05, 0.1) is 19.6 Å². The molecule has 0 aromatic heterocycles. The predicted molar refractivity (Wildman–Crippen MR) is 70.1 cm³/mol. The quantitative estimate of drug-likeness (QED) is 0.303. The molecule has 0 aliphatic rings. The molecule has 0 radical (unpaired) electrons. The van der Waals surface area contributed by atoms with Crippen molar-refractivity contribution in [1.29, 1.82) is 0 Å². The van der Waals surface area contributed by atoms with Gasteiger partial charge < -0.3 is 25.7 Å². The Morgan fingerprint density at radius 3 is 1.57 bits per heavy atom. The maximum Gasteiger partial charge on any atom is 0.317 e. The lowest BCUT2D eigenvalue weighted by molar-refractivity contribution is -0.142. The molecule has 0 unspecified atom stereocenters. The van der Waals surface area contributed by atoms with E-state index in [4.69, 9.17) is 20.4 Å². The van der Waals surface area contributed by atoms with E-state index in [1.807, 2.05) is 0 Å². The van der Waals surface area contributed by atoms with E-state index in [9.17, 15) is 19.2 Å².